The lowest BCUT2D eigenvalue weighted by Gasteiger charge is -2.07. The summed E-state index contributed by atoms with van der Waals surface area (Å²) in [5.74, 6) is -1.81. The molecular weight excluding hydrogens is 302 g/mol. The molecule has 0 atom stereocenters. The van der Waals surface area contributed by atoms with Crippen LogP contribution < -0.4 is 5.32 Å². The average molecular weight is 317 g/mol. The molecule has 3 N–H and O–H groups in total. The van der Waals surface area contributed by atoms with Crippen LogP contribution in [0.3, 0.4) is 0 Å². The summed E-state index contributed by atoms with van der Waals surface area (Å²) >= 11 is 1.58. The number of hydrogen-bond acceptors (Lipinski definition) is 4. The van der Waals surface area contributed by atoms with E-state index in [0.717, 1.165) is 21.4 Å². The van der Waals surface area contributed by atoms with E-state index >= 15 is 0 Å². The van der Waals surface area contributed by atoms with Crippen molar-refractivity contribution < 1.29 is 19.8 Å². The van der Waals surface area contributed by atoms with Crippen LogP contribution in [0.4, 0.5) is 5.69 Å². The van der Waals surface area contributed by atoms with Crippen LogP contribution in [0.2, 0.25) is 0 Å². The Bertz CT molecular complexity index is 761. The molecule has 1 heterocycles. The van der Waals surface area contributed by atoms with Gasteiger partial charge in [-0.15, -0.1) is 11.3 Å². The van der Waals surface area contributed by atoms with Crippen molar-refractivity contribution >= 4 is 34.5 Å². The van der Waals surface area contributed by atoms with Crippen molar-refractivity contribution in [2.24, 2.45) is 0 Å². The number of amides is 1. The number of phenols is 1. The van der Waals surface area contributed by atoms with Crippen LogP contribution >= 0.6 is 11.3 Å². The molecule has 6 heteroatoms. The molecule has 0 unspecified atom stereocenters. The number of nitrogens with one attached hydrogen (secondary N) is 1. The van der Waals surface area contributed by atoms with Crippen LogP contribution in [-0.2, 0) is 4.79 Å². The Balaban J connectivity index is 2.21. The van der Waals surface area contributed by atoms with Crippen LogP contribution in [0.1, 0.15) is 27.0 Å². The molecule has 0 spiro atoms. The molecule has 2 rings (SSSR count). The van der Waals surface area contributed by atoms with Gasteiger partial charge in [0.25, 0.3) is 0 Å². The predicted molar refractivity (Wildman–Crippen MR) is 86.4 cm³/mol. The number of carboxylic acids is 1. The van der Waals surface area contributed by atoms with Gasteiger partial charge in [0.1, 0.15) is 5.75 Å². The van der Waals surface area contributed by atoms with Crippen molar-refractivity contribution in [3.05, 3.63) is 51.7 Å². The number of thiophene rings is 1. The number of aromatic carboxylic acids is 1. The minimum Gasteiger partial charge on any atom is -0.508 e. The molecule has 0 aliphatic carbocycles. The number of anilines is 1. The number of hydrogen-bond donors (Lipinski definition) is 3. The van der Waals surface area contributed by atoms with E-state index in [2.05, 4.69) is 5.32 Å². The quantitative estimate of drug-likeness (QED) is 0.595. The van der Waals surface area contributed by atoms with Crippen molar-refractivity contribution in [3.63, 3.8) is 0 Å². The predicted octanol–water partition coefficient (Wildman–Crippen LogP) is 3.50. The van der Waals surface area contributed by atoms with Gasteiger partial charge in [0, 0.05) is 15.8 Å². The zero-order chi connectivity index (χ0) is 16.3. The SMILES string of the molecule is CC(=CC(=O)Nc1ccc(O)cc1C(=O)O)c1ccc(C)s1. The lowest BCUT2D eigenvalue weighted by molar-refractivity contribution is -0.111. The number of phenolic OH excluding ortho intramolecular Hbond substituents is 1. The monoisotopic (exact) mass is 317 g/mol. The highest BCUT2D eigenvalue weighted by Crippen LogP contribution is 2.24. The van der Waals surface area contributed by atoms with Gasteiger partial charge < -0.3 is 15.5 Å². The minimum atomic E-state index is -1.22. The summed E-state index contributed by atoms with van der Waals surface area (Å²) in [5.41, 5.74) is 0.777. The lowest BCUT2D eigenvalue weighted by Crippen LogP contribution is -2.12. The summed E-state index contributed by atoms with van der Waals surface area (Å²) in [5, 5.41) is 20.9. The first-order valence-corrected chi connectivity index (χ1v) is 7.31. The van der Waals surface area contributed by atoms with Crippen LogP contribution in [0, 0.1) is 6.92 Å². The van der Waals surface area contributed by atoms with E-state index < -0.39 is 11.9 Å². The first kappa shape index (κ1) is 15.8. The normalized spacial score (nSPS) is 11.3. The molecule has 0 bridgehead atoms. The van der Waals surface area contributed by atoms with Crippen LogP contribution in [0.5, 0.6) is 5.75 Å². The summed E-state index contributed by atoms with van der Waals surface area (Å²) in [6, 6.07) is 7.67. The zero-order valence-electron chi connectivity index (χ0n) is 12.1. The number of carbonyl (C=O) groups is 2. The highest BCUT2D eigenvalue weighted by atomic mass is 32.1. The van der Waals surface area contributed by atoms with Gasteiger partial charge in [-0.1, -0.05) is 0 Å². The molecule has 1 amide bonds. The number of allylic oxidation sites excluding steroid dienone is 1. The summed E-state index contributed by atoms with van der Waals surface area (Å²) in [4.78, 5) is 25.3. The molecule has 22 heavy (non-hydrogen) atoms. The second kappa shape index (κ2) is 6.44. The van der Waals surface area contributed by atoms with Gasteiger partial charge in [0.05, 0.1) is 11.3 Å². The fourth-order valence-corrected chi connectivity index (χ4v) is 2.74. The van der Waals surface area contributed by atoms with Gasteiger partial charge >= 0.3 is 5.97 Å². The summed E-state index contributed by atoms with van der Waals surface area (Å²) in [6.45, 7) is 3.80. The second-order valence-corrected chi connectivity index (χ2v) is 6.05. The molecular formula is C16H15NO4S. The van der Waals surface area contributed by atoms with Crippen molar-refractivity contribution in [2.75, 3.05) is 5.32 Å². The van der Waals surface area contributed by atoms with Crippen molar-refractivity contribution in [1.29, 1.82) is 0 Å². The Hall–Kier alpha value is -2.60. The van der Waals surface area contributed by atoms with E-state index in [1.807, 2.05) is 26.0 Å². The Morgan fingerprint density at radius 2 is 1.95 bits per heavy atom. The fraction of sp³-hybridized carbons (Fsp3) is 0.125. The van der Waals surface area contributed by atoms with E-state index in [4.69, 9.17) is 5.11 Å². The molecule has 5 nitrogen and oxygen atoms in total. The highest BCUT2D eigenvalue weighted by molar-refractivity contribution is 7.13. The molecule has 1 aromatic heterocycles. The molecule has 0 saturated heterocycles. The maximum Gasteiger partial charge on any atom is 0.337 e. The Kier molecular flexibility index (Phi) is 4.62. The first-order chi connectivity index (χ1) is 10.4. The molecule has 114 valence electrons. The third-order valence-corrected chi connectivity index (χ3v) is 4.10. The summed E-state index contributed by atoms with van der Waals surface area (Å²) in [6.07, 6.45) is 1.42. The van der Waals surface area contributed by atoms with Gasteiger partial charge in [-0.05, 0) is 49.8 Å². The van der Waals surface area contributed by atoms with Gasteiger partial charge in [-0.2, -0.15) is 0 Å². The molecule has 1 aromatic carbocycles. The standard InChI is InChI=1S/C16H15NO4S/c1-9(14-6-3-10(2)22-14)7-15(19)17-13-5-4-11(18)8-12(13)16(20)21/h3-8,18H,1-2H3,(H,17,19)(H,20,21). The van der Waals surface area contributed by atoms with Gasteiger partial charge in [-0.25, -0.2) is 4.79 Å². The van der Waals surface area contributed by atoms with E-state index in [0.29, 0.717) is 0 Å². The van der Waals surface area contributed by atoms with E-state index in [9.17, 15) is 14.7 Å². The second-order valence-electron chi connectivity index (χ2n) is 4.76. The Labute approximate surface area is 131 Å². The Morgan fingerprint density at radius 3 is 2.55 bits per heavy atom. The number of benzene rings is 1. The maximum absolute atomic E-state index is 12.0. The molecule has 0 radical (unpaired) electrons. The van der Waals surface area contributed by atoms with Gasteiger partial charge in [0.15, 0.2) is 0 Å². The zero-order valence-corrected chi connectivity index (χ0v) is 12.9. The molecule has 2 aromatic rings. The number of carbonyl (C=O) groups excluding carboxylic acids is 1. The highest BCUT2D eigenvalue weighted by Gasteiger charge is 2.13. The van der Waals surface area contributed by atoms with Gasteiger partial charge in [-0.3, -0.25) is 4.79 Å². The number of aromatic hydroxyl groups is 1. The minimum absolute atomic E-state index is 0.140. The number of rotatable bonds is 4. The van der Waals surface area contributed by atoms with Crippen molar-refractivity contribution in [1.82, 2.24) is 0 Å². The Morgan fingerprint density at radius 1 is 1.23 bits per heavy atom. The number of carboxylic acid groups (broad SMARTS) is 1. The van der Waals surface area contributed by atoms with Crippen molar-refractivity contribution in [2.45, 2.75) is 13.8 Å². The van der Waals surface area contributed by atoms with Crippen LogP contribution in [0.25, 0.3) is 5.57 Å². The first-order valence-electron chi connectivity index (χ1n) is 6.49. The topological polar surface area (TPSA) is 86.6 Å². The van der Waals surface area contributed by atoms with E-state index in [1.54, 1.807) is 11.3 Å². The van der Waals surface area contributed by atoms with Gasteiger partial charge in [0.2, 0.25) is 5.91 Å². The molecule has 0 fully saturated rings. The van der Waals surface area contributed by atoms with Crippen LogP contribution in [0.15, 0.2) is 36.4 Å². The maximum atomic E-state index is 12.0. The third-order valence-electron chi connectivity index (χ3n) is 2.97. The largest absolute Gasteiger partial charge is 0.508 e. The average Bonchev–Trinajstić information content (AvgIpc) is 2.87. The van der Waals surface area contributed by atoms with E-state index in [-0.39, 0.29) is 17.0 Å². The van der Waals surface area contributed by atoms with Crippen LogP contribution in [-0.4, -0.2) is 22.1 Å². The lowest BCUT2D eigenvalue weighted by atomic mass is 10.1. The smallest absolute Gasteiger partial charge is 0.337 e. The third kappa shape index (κ3) is 3.73. The molecule has 0 saturated carbocycles. The molecule has 0 aliphatic heterocycles. The fourth-order valence-electron chi connectivity index (χ4n) is 1.90. The molecule has 0 aliphatic rings. The van der Waals surface area contributed by atoms with Crippen molar-refractivity contribution in [3.8, 4) is 5.75 Å². The number of aryl methyl sites for hydroxylation is 1. The summed E-state index contributed by atoms with van der Waals surface area (Å²) in [7, 11) is 0. The summed E-state index contributed by atoms with van der Waals surface area (Å²) < 4.78 is 0. The van der Waals surface area contributed by atoms with E-state index in [1.165, 1.54) is 18.2 Å².